The van der Waals surface area contributed by atoms with Crippen LogP contribution >= 0.6 is 11.3 Å². The number of aliphatic hydroxyl groups is 1. The minimum Gasteiger partial charge on any atom is -0.391 e. The van der Waals surface area contributed by atoms with Crippen molar-refractivity contribution >= 4 is 28.8 Å². The lowest BCUT2D eigenvalue weighted by molar-refractivity contribution is 0.0727. The highest BCUT2D eigenvalue weighted by Crippen LogP contribution is 2.38. The molecule has 4 rings (SSSR count). The zero-order valence-electron chi connectivity index (χ0n) is 15.0. The molecule has 142 valence electrons. The SMILES string of the molecule is CC(=O)c1ccc(C(=O)N2C[C@H]3C[C@@H](Nc4cnccn4)[C@H](O)C[C@H]3C2)s1. The first-order valence-electron chi connectivity index (χ1n) is 9.12. The molecule has 2 aromatic rings. The maximum absolute atomic E-state index is 12.8. The normalized spacial score (nSPS) is 27.3. The summed E-state index contributed by atoms with van der Waals surface area (Å²) in [4.78, 5) is 35.6. The van der Waals surface area contributed by atoms with E-state index in [0.29, 0.717) is 46.9 Å². The fraction of sp³-hybridized carbons (Fsp3) is 0.474. The summed E-state index contributed by atoms with van der Waals surface area (Å²) in [5.41, 5.74) is 0. The van der Waals surface area contributed by atoms with Gasteiger partial charge in [0.25, 0.3) is 5.91 Å². The van der Waals surface area contributed by atoms with Gasteiger partial charge < -0.3 is 15.3 Å². The Bertz CT molecular complexity index is 840. The number of nitrogens with one attached hydrogen (secondary N) is 1. The maximum atomic E-state index is 12.8. The molecule has 3 heterocycles. The van der Waals surface area contributed by atoms with Gasteiger partial charge in [-0.2, -0.15) is 0 Å². The van der Waals surface area contributed by atoms with Crippen molar-refractivity contribution in [3.05, 3.63) is 40.5 Å². The fourth-order valence-corrected chi connectivity index (χ4v) is 4.98. The topological polar surface area (TPSA) is 95.4 Å². The van der Waals surface area contributed by atoms with Crippen molar-refractivity contribution in [2.75, 3.05) is 18.4 Å². The minimum atomic E-state index is -0.477. The van der Waals surface area contributed by atoms with Gasteiger partial charge in [0.05, 0.1) is 28.1 Å². The van der Waals surface area contributed by atoms with Gasteiger partial charge in [0.15, 0.2) is 5.78 Å². The van der Waals surface area contributed by atoms with E-state index in [4.69, 9.17) is 0 Å². The summed E-state index contributed by atoms with van der Waals surface area (Å²) in [6.45, 7) is 2.85. The lowest BCUT2D eigenvalue weighted by Gasteiger charge is -2.35. The number of fused-ring (bicyclic) bond motifs is 1. The number of likely N-dealkylation sites (tertiary alicyclic amines) is 1. The van der Waals surface area contributed by atoms with Crippen LogP contribution in [0.15, 0.2) is 30.7 Å². The Morgan fingerprint density at radius 1 is 1.19 bits per heavy atom. The molecule has 1 saturated heterocycles. The van der Waals surface area contributed by atoms with Gasteiger partial charge in [-0.25, -0.2) is 4.98 Å². The molecule has 0 radical (unpaired) electrons. The molecule has 1 aliphatic carbocycles. The van der Waals surface area contributed by atoms with Gasteiger partial charge in [-0.1, -0.05) is 0 Å². The molecule has 1 saturated carbocycles. The van der Waals surface area contributed by atoms with E-state index < -0.39 is 6.10 Å². The Morgan fingerprint density at radius 3 is 2.59 bits per heavy atom. The third-order valence-electron chi connectivity index (χ3n) is 5.49. The van der Waals surface area contributed by atoms with Crippen molar-refractivity contribution in [3.63, 3.8) is 0 Å². The maximum Gasteiger partial charge on any atom is 0.263 e. The molecule has 4 atom stereocenters. The van der Waals surface area contributed by atoms with Gasteiger partial charge in [-0.05, 0) is 43.7 Å². The average Bonchev–Trinajstić information content (AvgIpc) is 3.29. The monoisotopic (exact) mass is 386 g/mol. The summed E-state index contributed by atoms with van der Waals surface area (Å²) < 4.78 is 0. The molecule has 2 aromatic heterocycles. The lowest BCUT2D eigenvalue weighted by atomic mass is 9.77. The van der Waals surface area contributed by atoms with E-state index in [1.807, 2.05) is 4.90 Å². The molecule has 0 bridgehead atoms. The number of hydrogen-bond acceptors (Lipinski definition) is 7. The van der Waals surface area contributed by atoms with Crippen molar-refractivity contribution in [2.24, 2.45) is 11.8 Å². The molecule has 7 nitrogen and oxygen atoms in total. The second kappa shape index (κ2) is 7.36. The minimum absolute atomic E-state index is 0.0183. The zero-order valence-corrected chi connectivity index (χ0v) is 15.9. The molecule has 1 amide bonds. The van der Waals surface area contributed by atoms with Gasteiger partial charge >= 0.3 is 0 Å². The van der Waals surface area contributed by atoms with E-state index in [1.165, 1.54) is 18.3 Å². The van der Waals surface area contributed by atoms with Crippen LogP contribution in [0.25, 0.3) is 0 Å². The Kier molecular flexibility index (Phi) is 4.92. The molecule has 2 aliphatic rings. The lowest BCUT2D eigenvalue weighted by Crippen LogP contribution is -2.43. The highest BCUT2D eigenvalue weighted by molar-refractivity contribution is 7.15. The highest BCUT2D eigenvalue weighted by Gasteiger charge is 2.43. The number of nitrogens with zero attached hydrogens (tertiary/aromatic N) is 3. The van der Waals surface area contributed by atoms with Crippen LogP contribution in [0.2, 0.25) is 0 Å². The molecule has 0 spiro atoms. The molecular weight excluding hydrogens is 364 g/mol. The molecule has 0 unspecified atom stereocenters. The number of carbonyl (C=O) groups is 2. The van der Waals surface area contributed by atoms with Crippen LogP contribution in [0.5, 0.6) is 0 Å². The summed E-state index contributed by atoms with van der Waals surface area (Å²) in [5.74, 6) is 1.26. The molecule has 2 fully saturated rings. The van der Waals surface area contributed by atoms with Crippen molar-refractivity contribution in [1.82, 2.24) is 14.9 Å². The largest absolute Gasteiger partial charge is 0.391 e. The summed E-state index contributed by atoms with van der Waals surface area (Å²) >= 11 is 1.25. The Hall–Kier alpha value is -2.32. The number of hydrogen-bond donors (Lipinski definition) is 2. The van der Waals surface area contributed by atoms with E-state index in [9.17, 15) is 14.7 Å². The van der Waals surface area contributed by atoms with Crippen LogP contribution in [0.3, 0.4) is 0 Å². The number of amides is 1. The predicted octanol–water partition coefficient (Wildman–Crippen LogP) is 2.06. The Balaban J connectivity index is 1.42. The summed E-state index contributed by atoms with van der Waals surface area (Å²) in [7, 11) is 0. The fourth-order valence-electron chi connectivity index (χ4n) is 4.11. The summed E-state index contributed by atoms with van der Waals surface area (Å²) in [5, 5.41) is 13.8. The van der Waals surface area contributed by atoms with Crippen LogP contribution in [0, 0.1) is 11.8 Å². The first-order chi connectivity index (χ1) is 13.0. The van der Waals surface area contributed by atoms with Crippen LogP contribution in [0.4, 0.5) is 5.82 Å². The Morgan fingerprint density at radius 2 is 1.93 bits per heavy atom. The number of ketones is 1. The van der Waals surface area contributed by atoms with Gasteiger partial charge in [0.1, 0.15) is 5.82 Å². The van der Waals surface area contributed by atoms with E-state index in [2.05, 4.69) is 15.3 Å². The summed E-state index contributed by atoms with van der Waals surface area (Å²) in [6, 6.07) is 3.36. The standard InChI is InChI=1S/C19H22N4O3S/c1-11(24)16-2-3-17(27-16)19(26)23-9-12-6-14(15(25)7-13(12)10-23)22-18-8-20-4-5-21-18/h2-5,8,12-15,25H,6-7,9-10H2,1H3,(H,21,22)/t12-,13+,14-,15-/m1/s1. The van der Waals surface area contributed by atoms with Crippen molar-refractivity contribution in [1.29, 1.82) is 0 Å². The number of aliphatic hydroxyl groups excluding tert-OH is 1. The van der Waals surface area contributed by atoms with Gasteiger partial charge in [-0.3, -0.25) is 14.6 Å². The molecule has 1 aliphatic heterocycles. The van der Waals surface area contributed by atoms with Crippen molar-refractivity contribution < 1.29 is 14.7 Å². The molecular formula is C19H22N4O3S. The van der Waals surface area contributed by atoms with Crippen LogP contribution in [-0.2, 0) is 0 Å². The van der Waals surface area contributed by atoms with Crippen molar-refractivity contribution in [3.8, 4) is 0 Å². The third-order valence-corrected chi connectivity index (χ3v) is 6.66. The van der Waals surface area contributed by atoms with E-state index in [-0.39, 0.29) is 17.7 Å². The van der Waals surface area contributed by atoms with Gasteiger partial charge in [0.2, 0.25) is 0 Å². The number of carbonyl (C=O) groups excluding carboxylic acids is 2. The van der Waals surface area contributed by atoms with Gasteiger partial charge in [-0.15, -0.1) is 11.3 Å². The van der Waals surface area contributed by atoms with Crippen molar-refractivity contribution in [2.45, 2.75) is 31.9 Å². The quantitative estimate of drug-likeness (QED) is 0.781. The first kappa shape index (κ1) is 18.1. The predicted molar refractivity (Wildman–Crippen MR) is 102 cm³/mol. The van der Waals surface area contributed by atoms with E-state index >= 15 is 0 Å². The zero-order chi connectivity index (χ0) is 19.0. The number of aromatic nitrogens is 2. The number of Topliss-reactive ketones (excluding diaryl/α,β-unsaturated/α-hetero) is 1. The second-order valence-corrected chi connectivity index (χ2v) is 8.41. The van der Waals surface area contributed by atoms with Crippen LogP contribution in [0.1, 0.15) is 39.1 Å². The van der Waals surface area contributed by atoms with Crippen LogP contribution < -0.4 is 5.32 Å². The van der Waals surface area contributed by atoms with Gasteiger partial charge in [0, 0.05) is 25.5 Å². The molecule has 2 N–H and O–H groups in total. The first-order valence-corrected chi connectivity index (χ1v) is 9.93. The molecule has 8 heteroatoms. The Labute approximate surface area is 161 Å². The number of thiophene rings is 1. The third kappa shape index (κ3) is 3.72. The highest BCUT2D eigenvalue weighted by atomic mass is 32.1. The summed E-state index contributed by atoms with van der Waals surface area (Å²) in [6.07, 6.45) is 5.85. The number of anilines is 1. The molecule has 0 aromatic carbocycles. The number of rotatable bonds is 4. The second-order valence-electron chi connectivity index (χ2n) is 7.33. The smallest absolute Gasteiger partial charge is 0.263 e. The molecule has 27 heavy (non-hydrogen) atoms. The van der Waals surface area contributed by atoms with E-state index in [1.54, 1.807) is 30.7 Å². The average molecular weight is 386 g/mol. The van der Waals surface area contributed by atoms with E-state index in [0.717, 1.165) is 6.42 Å². The van der Waals surface area contributed by atoms with Crippen LogP contribution in [-0.4, -0.2) is 56.9 Å².